The molecular formula is C11H8N4. The molecule has 2 aromatic heterocycles. The molecule has 15 heavy (non-hydrogen) atoms. The summed E-state index contributed by atoms with van der Waals surface area (Å²) >= 11 is 0. The highest BCUT2D eigenvalue weighted by Crippen LogP contribution is 2.16. The van der Waals surface area contributed by atoms with Gasteiger partial charge in [-0.1, -0.05) is 0 Å². The van der Waals surface area contributed by atoms with Crippen LogP contribution in [0, 0.1) is 11.3 Å². The van der Waals surface area contributed by atoms with Crippen LogP contribution in [0.3, 0.4) is 0 Å². The lowest BCUT2D eigenvalue weighted by atomic mass is 10.2. The number of pyridine rings is 2. The minimum absolute atomic E-state index is 0.530. The van der Waals surface area contributed by atoms with E-state index in [1.165, 1.54) is 6.20 Å². The molecular weight excluding hydrogens is 188 g/mol. The largest absolute Gasteiger partial charge is 0.399 e. The Kier molecular flexibility index (Phi) is 2.30. The molecule has 0 amide bonds. The van der Waals surface area contributed by atoms with Crippen molar-refractivity contribution in [1.29, 1.82) is 5.26 Å². The Morgan fingerprint density at radius 3 is 2.60 bits per heavy atom. The molecule has 4 heteroatoms. The highest BCUT2D eigenvalue weighted by atomic mass is 14.8. The van der Waals surface area contributed by atoms with Crippen LogP contribution in [0.5, 0.6) is 0 Å². The predicted octanol–water partition coefficient (Wildman–Crippen LogP) is 1.60. The summed E-state index contributed by atoms with van der Waals surface area (Å²) in [5.74, 6) is 0. The predicted molar refractivity (Wildman–Crippen MR) is 56.6 cm³/mol. The molecule has 0 unspecified atom stereocenters. The summed E-state index contributed by atoms with van der Waals surface area (Å²) in [6.45, 7) is 0. The lowest BCUT2D eigenvalue weighted by Crippen LogP contribution is -1.90. The molecule has 0 aromatic carbocycles. The lowest BCUT2D eigenvalue weighted by molar-refractivity contribution is 1.24. The number of nitrogens with zero attached hydrogens (tertiary/aromatic N) is 3. The number of nitrogens with two attached hydrogens (primary N) is 1. The first-order valence-corrected chi connectivity index (χ1v) is 4.37. The van der Waals surface area contributed by atoms with Crippen molar-refractivity contribution in [3.63, 3.8) is 0 Å². The normalized spacial score (nSPS) is 9.53. The minimum Gasteiger partial charge on any atom is -0.399 e. The van der Waals surface area contributed by atoms with E-state index in [0.29, 0.717) is 22.6 Å². The zero-order valence-electron chi connectivity index (χ0n) is 7.88. The maximum absolute atomic E-state index is 8.62. The second kappa shape index (κ2) is 3.76. The maximum Gasteiger partial charge on any atom is 0.101 e. The van der Waals surface area contributed by atoms with Gasteiger partial charge in [0.15, 0.2) is 0 Å². The fourth-order valence-corrected chi connectivity index (χ4v) is 1.20. The van der Waals surface area contributed by atoms with E-state index in [-0.39, 0.29) is 0 Å². The van der Waals surface area contributed by atoms with Gasteiger partial charge in [-0.15, -0.1) is 0 Å². The summed E-state index contributed by atoms with van der Waals surface area (Å²) < 4.78 is 0. The van der Waals surface area contributed by atoms with Crippen molar-refractivity contribution in [1.82, 2.24) is 9.97 Å². The van der Waals surface area contributed by atoms with Gasteiger partial charge in [0.2, 0.25) is 0 Å². The first kappa shape index (κ1) is 9.16. The van der Waals surface area contributed by atoms with Crippen molar-refractivity contribution in [3.05, 3.63) is 42.2 Å². The molecule has 0 saturated carbocycles. The number of nitrogen functional groups attached to an aromatic ring is 1. The van der Waals surface area contributed by atoms with Crippen LogP contribution >= 0.6 is 0 Å². The van der Waals surface area contributed by atoms with E-state index in [0.717, 1.165) is 0 Å². The number of aromatic nitrogens is 2. The molecule has 2 rings (SSSR count). The van der Waals surface area contributed by atoms with Gasteiger partial charge < -0.3 is 5.73 Å². The van der Waals surface area contributed by atoms with E-state index in [1.807, 2.05) is 6.07 Å². The van der Waals surface area contributed by atoms with Crippen LogP contribution in [-0.2, 0) is 0 Å². The summed E-state index contributed by atoms with van der Waals surface area (Å²) in [4.78, 5) is 8.26. The van der Waals surface area contributed by atoms with E-state index >= 15 is 0 Å². The fraction of sp³-hybridized carbons (Fsp3) is 0. The van der Waals surface area contributed by atoms with Gasteiger partial charge in [-0.05, 0) is 24.3 Å². The van der Waals surface area contributed by atoms with E-state index in [4.69, 9.17) is 11.0 Å². The molecule has 0 aliphatic heterocycles. The minimum atomic E-state index is 0.530. The third-order valence-electron chi connectivity index (χ3n) is 1.94. The van der Waals surface area contributed by atoms with E-state index in [9.17, 15) is 0 Å². The van der Waals surface area contributed by atoms with Crippen molar-refractivity contribution in [2.75, 3.05) is 5.73 Å². The number of nitriles is 1. The van der Waals surface area contributed by atoms with Crippen LogP contribution < -0.4 is 5.73 Å². The van der Waals surface area contributed by atoms with Crippen molar-refractivity contribution in [3.8, 4) is 17.5 Å². The van der Waals surface area contributed by atoms with Crippen molar-refractivity contribution < 1.29 is 0 Å². The molecule has 0 atom stereocenters. The third kappa shape index (κ3) is 1.92. The number of hydrogen-bond acceptors (Lipinski definition) is 4. The highest BCUT2D eigenvalue weighted by molar-refractivity contribution is 5.59. The Labute approximate surface area is 87.0 Å². The number of anilines is 1. The van der Waals surface area contributed by atoms with Gasteiger partial charge in [-0.25, -0.2) is 0 Å². The molecule has 0 spiro atoms. The SMILES string of the molecule is N#Cc1ccc(-c2cc(N)ccn2)nc1. The smallest absolute Gasteiger partial charge is 0.101 e. The van der Waals surface area contributed by atoms with Gasteiger partial charge in [-0.2, -0.15) is 5.26 Å². The van der Waals surface area contributed by atoms with Crippen LogP contribution in [-0.4, -0.2) is 9.97 Å². The van der Waals surface area contributed by atoms with Crippen molar-refractivity contribution in [2.45, 2.75) is 0 Å². The van der Waals surface area contributed by atoms with Gasteiger partial charge in [0.05, 0.1) is 17.0 Å². The Hall–Kier alpha value is -2.41. The zero-order chi connectivity index (χ0) is 10.7. The first-order chi connectivity index (χ1) is 7.29. The molecule has 2 N–H and O–H groups in total. The Balaban J connectivity index is 2.42. The Morgan fingerprint density at radius 2 is 2.00 bits per heavy atom. The zero-order valence-corrected chi connectivity index (χ0v) is 7.88. The van der Waals surface area contributed by atoms with Gasteiger partial charge >= 0.3 is 0 Å². The molecule has 0 aliphatic carbocycles. The third-order valence-corrected chi connectivity index (χ3v) is 1.94. The molecule has 4 nitrogen and oxygen atoms in total. The van der Waals surface area contributed by atoms with Gasteiger partial charge in [0, 0.05) is 18.1 Å². The van der Waals surface area contributed by atoms with Gasteiger partial charge in [0.1, 0.15) is 6.07 Å². The molecule has 2 heterocycles. The second-order valence-corrected chi connectivity index (χ2v) is 3.02. The molecule has 72 valence electrons. The average molecular weight is 196 g/mol. The summed E-state index contributed by atoms with van der Waals surface area (Å²) in [7, 11) is 0. The highest BCUT2D eigenvalue weighted by Gasteiger charge is 2.00. The van der Waals surface area contributed by atoms with Crippen molar-refractivity contribution >= 4 is 5.69 Å². The fourth-order valence-electron chi connectivity index (χ4n) is 1.20. The standard InChI is InChI=1S/C11H8N4/c12-6-8-1-2-10(15-7-8)11-5-9(13)3-4-14-11/h1-5,7H,(H2,13,14). The van der Waals surface area contributed by atoms with Crippen LogP contribution in [0.1, 0.15) is 5.56 Å². The molecule has 0 bridgehead atoms. The molecule has 2 aromatic rings. The van der Waals surface area contributed by atoms with Crippen LogP contribution in [0.25, 0.3) is 11.4 Å². The summed E-state index contributed by atoms with van der Waals surface area (Å²) in [5, 5.41) is 8.62. The quantitative estimate of drug-likeness (QED) is 0.751. The van der Waals surface area contributed by atoms with Crippen molar-refractivity contribution in [2.24, 2.45) is 0 Å². The summed E-state index contributed by atoms with van der Waals surface area (Å²) in [5.41, 5.74) is 8.22. The lowest BCUT2D eigenvalue weighted by Gasteiger charge is -2.00. The summed E-state index contributed by atoms with van der Waals surface area (Å²) in [6, 6.07) is 8.92. The molecule has 0 radical (unpaired) electrons. The maximum atomic E-state index is 8.62. The van der Waals surface area contributed by atoms with E-state index in [2.05, 4.69) is 9.97 Å². The van der Waals surface area contributed by atoms with Crippen LogP contribution in [0.15, 0.2) is 36.7 Å². The van der Waals surface area contributed by atoms with E-state index in [1.54, 1.807) is 30.5 Å². The monoisotopic (exact) mass is 196 g/mol. The van der Waals surface area contributed by atoms with Gasteiger partial charge in [-0.3, -0.25) is 9.97 Å². The van der Waals surface area contributed by atoms with Gasteiger partial charge in [0.25, 0.3) is 0 Å². The first-order valence-electron chi connectivity index (χ1n) is 4.37. The Bertz CT molecular complexity index is 511. The number of rotatable bonds is 1. The van der Waals surface area contributed by atoms with Crippen LogP contribution in [0.2, 0.25) is 0 Å². The topological polar surface area (TPSA) is 75.6 Å². The average Bonchev–Trinajstić information content (AvgIpc) is 2.29. The summed E-state index contributed by atoms with van der Waals surface area (Å²) in [6.07, 6.45) is 3.14. The molecule has 0 aliphatic rings. The Morgan fingerprint density at radius 1 is 1.13 bits per heavy atom. The number of hydrogen-bond donors (Lipinski definition) is 1. The second-order valence-electron chi connectivity index (χ2n) is 3.02. The van der Waals surface area contributed by atoms with E-state index < -0.39 is 0 Å². The molecule has 0 fully saturated rings. The molecule has 0 saturated heterocycles. The van der Waals surface area contributed by atoms with Crippen LogP contribution in [0.4, 0.5) is 5.69 Å².